The molecule has 4 amide bonds. The molecule has 2 heterocycles. The smallest absolute Gasteiger partial charge is 0.322 e. The van der Waals surface area contributed by atoms with Crippen LogP contribution in [0.5, 0.6) is 0 Å². The molecule has 2 saturated heterocycles. The minimum Gasteiger partial charge on any atom is -0.465 e. The number of likely N-dealkylation sites (tertiary alicyclic amines) is 1. The molecule has 0 aliphatic carbocycles. The summed E-state index contributed by atoms with van der Waals surface area (Å²) in [4.78, 5) is 53.8. The van der Waals surface area contributed by atoms with Crippen LogP contribution in [0.15, 0.2) is 42.5 Å². The van der Waals surface area contributed by atoms with E-state index in [1.807, 2.05) is 6.92 Å². The second kappa shape index (κ2) is 11.8. The molecular formula is C27H30ClFN4O5. The fourth-order valence-electron chi connectivity index (χ4n) is 4.83. The zero-order valence-electron chi connectivity index (χ0n) is 21.2. The first-order valence-electron chi connectivity index (χ1n) is 12.6. The molecule has 2 aliphatic heterocycles. The Bertz CT molecular complexity index is 1220. The standard InChI is InChI=1S/C27H30ClFN4O5/c1-3-38-26(36)20-5-4-12-32(25(20)35)19-10-11-22(21(29)14-19)31-24(34)23-13-16(2)15-33(23)27(37)30-18-8-6-17(28)7-9-18/h6-11,14,16,20,23H,3-5,12-13,15H2,1-2H3,(H,30,37)(H,31,34)/t16-,20?,23-/m1/s1. The summed E-state index contributed by atoms with van der Waals surface area (Å²) in [6.45, 7) is 4.49. The lowest BCUT2D eigenvalue weighted by Gasteiger charge is -2.31. The summed E-state index contributed by atoms with van der Waals surface area (Å²) in [5.41, 5.74) is 0.762. The third kappa shape index (κ3) is 6.07. The summed E-state index contributed by atoms with van der Waals surface area (Å²) in [5, 5.41) is 5.88. The van der Waals surface area contributed by atoms with Gasteiger partial charge in [0.1, 0.15) is 17.8 Å². The molecule has 0 aromatic heterocycles. The number of hydrogen-bond donors (Lipinski definition) is 2. The van der Waals surface area contributed by atoms with Crippen molar-refractivity contribution in [1.82, 2.24) is 4.90 Å². The normalized spacial score (nSPS) is 21.3. The lowest BCUT2D eigenvalue weighted by molar-refractivity contribution is -0.152. The first kappa shape index (κ1) is 27.4. The van der Waals surface area contributed by atoms with Crippen LogP contribution in [0.25, 0.3) is 0 Å². The van der Waals surface area contributed by atoms with Gasteiger partial charge in [-0.05, 0) is 74.6 Å². The number of nitrogens with zero attached hydrogens (tertiary/aromatic N) is 2. The van der Waals surface area contributed by atoms with E-state index in [4.69, 9.17) is 16.3 Å². The number of esters is 1. The van der Waals surface area contributed by atoms with Gasteiger partial charge in [0.15, 0.2) is 0 Å². The molecule has 0 bridgehead atoms. The predicted octanol–water partition coefficient (Wildman–Crippen LogP) is 4.67. The van der Waals surface area contributed by atoms with Crippen molar-refractivity contribution in [2.45, 2.75) is 39.2 Å². The molecule has 2 fully saturated rings. The number of hydrogen-bond acceptors (Lipinski definition) is 5. The molecule has 0 spiro atoms. The van der Waals surface area contributed by atoms with E-state index in [2.05, 4.69) is 10.6 Å². The van der Waals surface area contributed by atoms with Gasteiger partial charge in [0, 0.05) is 29.5 Å². The molecule has 0 saturated carbocycles. The number of halogens is 2. The number of anilines is 3. The van der Waals surface area contributed by atoms with Gasteiger partial charge in [-0.3, -0.25) is 14.4 Å². The average molecular weight is 545 g/mol. The zero-order valence-corrected chi connectivity index (χ0v) is 22.0. The van der Waals surface area contributed by atoms with Crippen molar-refractivity contribution in [2.75, 3.05) is 35.2 Å². The fraction of sp³-hybridized carbons (Fsp3) is 0.407. The molecule has 3 atom stereocenters. The minimum absolute atomic E-state index is 0.0669. The van der Waals surface area contributed by atoms with E-state index < -0.39 is 41.6 Å². The first-order valence-corrected chi connectivity index (χ1v) is 13.0. The summed E-state index contributed by atoms with van der Waals surface area (Å²) in [7, 11) is 0. The van der Waals surface area contributed by atoms with Crippen molar-refractivity contribution in [2.24, 2.45) is 11.8 Å². The number of amides is 4. The molecule has 4 rings (SSSR count). The fourth-order valence-corrected chi connectivity index (χ4v) is 4.96. The molecule has 202 valence electrons. The molecule has 2 aromatic rings. The molecule has 0 radical (unpaired) electrons. The average Bonchev–Trinajstić information content (AvgIpc) is 3.29. The summed E-state index contributed by atoms with van der Waals surface area (Å²) in [5.74, 6) is -3.10. The van der Waals surface area contributed by atoms with Crippen LogP contribution in [-0.4, -0.2) is 54.5 Å². The van der Waals surface area contributed by atoms with Crippen molar-refractivity contribution in [3.63, 3.8) is 0 Å². The van der Waals surface area contributed by atoms with E-state index in [9.17, 15) is 19.2 Å². The largest absolute Gasteiger partial charge is 0.465 e. The third-order valence-electron chi connectivity index (χ3n) is 6.70. The van der Waals surface area contributed by atoms with E-state index in [-0.39, 0.29) is 23.9 Å². The Kier molecular flexibility index (Phi) is 8.51. The molecule has 2 aromatic carbocycles. The van der Waals surface area contributed by atoms with Crippen LogP contribution in [-0.2, 0) is 19.1 Å². The topological polar surface area (TPSA) is 108 Å². The van der Waals surface area contributed by atoms with Gasteiger partial charge in [-0.1, -0.05) is 18.5 Å². The monoisotopic (exact) mass is 544 g/mol. The quantitative estimate of drug-likeness (QED) is 0.406. The van der Waals surface area contributed by atoms with Crippen LogP contribution in [0.1, 0.15) is 33.1 Å². The van der Waals surface area contributed by atoms with Crippen molar-refractivity contribution in [3.05, 3.63) is 53.3 Å². The van der Waals surface area contributed by atoms with E-state index in [0.29, 0.717) is 43.1 Å². The van der Waals surface area contributed by atoms with Crippen LogP contribution in [0.2, 0.25) is 5.02 Å². The van der Waals surface area contributed by atoms with Gasteiger partial charge in [0.2, 0.25) is 11.8 Å². The number of carbonyl (C=O) groups excluding carboxylic acids is 4. The molecule has 38 heavy (non-hydrogen) atoms. The Labute approximate surface area is 225 Å². The molecule has 1 unspecified atom stereocenters. The number of piperidine rings is 1. The molecule has 2 aliphatic rings. The maximum atomic E-state index is 15.1. The van der Waals surface area contributed by atoms with Crippen LogP contribution >= 0.6 is 11.6 Å². The van der Waals surface area contributed by atoms with Crippen molar-refractivity contribution in [1.29, 1.82) is 0 Å². The Morgan fingerprint density at radius 2 is 1.87 bits per heavy atom. The minimum atomic E-state index is -0.916. The second-order valence-corrected chi connectivity index (χ2v) is 9.97. The number of carbonyl (C=O) groups is 4. The molecule has 11 heteroatoms. The van der Waals surface area contributed by atoms with Gasteiger partial charge < -0.3 is 25.2 Å². The number of urea groups is 1. The van der Waals surface area contributed by atoms with Crippen molar-refractivity contribution >= 4 is 52.5 Å². The van der Waals surface area contributed by atoms with Crippen LogP contribution in [0.3, 0.4) is 0 Å². The lowest BCUT2D eigenvalue weighted by Crippen LogP contribution is -2.45. The highest BCUT2D eigenvalue weighted by molar-refractivity contribution is 6.30. The molecular weight excluding hydrogens is 515 g/mol. The molecule has 2 N–H and O–H groups in total. The number of nitrogens with one attached hydrogen (secondary N) is 2. The lowest BCUT2D eigenvalue weighted by atomic mass is 9.96. The van der Waals surface area contributed by atoms with Crippen LogP contribution in [0, 0.1) is 17.7 Å². The number of benzene rings is 2. The van der Waals surface area contributed by atoms with Gasteiger partial charge in [0.25, 0.3) is 0 Å². The highest BCUT2D eigenvalue weighted by Crippen LogP contribution is 2.30. The highest BCUT2D eigenvalue weighted by atomic mass is 35.5. The van der Waals surface area contributed by atoms with Crippen LogP contribution < -0.4 is 15.5 Å². The Hall–Kier alpha value is -3.66. The van der Waals surface area contributed by atoms with Crippen LogP contribution in [0.4, 0.5) is 26.2 Å². The Morgan fingerprint density at radius 3 is 2.55 bits per heavy atom. The second-order valence-electron chi connectivity index (χ2n) is 9.54. The van der Waals surface area contributed by atoms with E-state index in [0.717, 1.165) is 6.07 Å². The van der Waals surface area contributed by atoms with Crippen molar-refractivity contribution in [3.8, 4) is 0 Å². The highest BCUT2D eigenvalue weighted by Gasteiger charge is 2.39. The first-order chi connectivity index (χ1) is 18.2. The van der Waals surface area contributed by atoms with E-state index in [1.54, 1.807) is 31.2 Å². The van der Waals surface area contributed by atoms with E-state index >= 15 is 4.39 Å². The Morgan fingerprint density at radius 1 is 1.13 bits per heavy atom. The Balaban J connectivity index is 1.44. The summed E-state index contributed by atoms with van der Waals surface area (Å²) >= 11 is 5.90. The van der Waals surface area contributed by atoms with Gasteiger partial charge in [-0.25, -0.2) is 9.18 Å². The summed E-state index contributed by atoms with van der Waals surface area (Å²) < 4.78 is 20.1. The SMILES string of the molecule is CCOC(=O)C1CCCN(c2ccc(NC(=O)[C@H]3C[C@@H](C)CN3C(=O)Nc3ccc(Cl)cc3)c(F)c2)C1=O. The van der Waals surface area contributed by atoms with Gasteiger partial charge >= 0.3 is 12.0 Å². The molecule has 9 nitrogen and oxygen atoms in total. The maximum absolute atomic E-state index is 15.1. The third-order valence-corrected chi connectivity index (χ3v) is 6.95. The number of ether oxygens (including phenoxy) is 1. The maximum Gasteiger partial charge on any atom is 0.322 e. The zero-order chi connectivity index (χ0) is 27.4. The van der Waals surface area contributed by atoms with Gasteiger partial charge in [-0.2, -0.15) is 0 Å². The summed E-state index contributed by atoms with van der Waals surface area (Å²) in [6, 6.07) is 9.44. The van der Waals surface area contributed by atoms with Crippen molar-refractivity contribution < 1.29 is 28.3 Å². The number of rotatable bonds is 6. The van der Waals surface area contributed by atoms with E-state index in [1.165, 1.54) is 21.9 Å². The van der Waals surface area contributed by atoms with Gasteiger partial charge in [-0.15, -0.1) is 0 Å². The summed E-state index contributed by atoms with van der Waals surface area (Å²) in [6.07, 6.45) is 1.38. The van der Waals surface area contributed by atoms with Gasteiger partial charge in [0.05, 0.1) is 12.3 Å². The predicted molar refractivity (Wildman–Crippen MR) is 141 cm³/mol.